The first-order valence-corrected chi connectivity index (χ1v) is 10.4. The third kappa shape index (κ3) is 4.22. The molecule has 166 valence electrons. The van der Waals surface area contributed by atoms with Crippen LogP contribution in [0.3, 0.4) is 0 Å². The van der Waals surface area contributed by atoms with Crippen molar-refractivity contribution in [1.82, 2.24) is 20.9 Å². The van der Waals surface area contributed by atoms with Crippen LogP contribution in [-0.2, 0) is 16.1 Å². The molecule has 0 bridgehead atoms. The number of imide groups is 2. The van der Waals surface area contributed by atoms with Crippen LogP contribution >= 0.6 is 0 Å². The van der Waals surface area contributed by atoms with Gasteiger partial charge in [-0.1, -0.05) is 6.07 Å². The van der Waals surface area contributed by atoms with Crippen LogP contribution in [0, 0.1) is 0 Å². The van der Waals surface area contributed by atoms with Crippen molar-refractivity contribution in [2.45, 2.75) is 56.7 Å². The Morgan fingerprint density at radius 3 is 2.61 bits per heavy atom. The molecule has 0 aromatic heterocycles. The van der Waals surface area contributed by atoms with E-state index in [-0.39, 0.29) is 43.5 Å². The number of halogens is 2. The van der Waals surface area contributed by atoms with E-state index in [2.05, 4.69) is 16.0 Å². The lowest BCUT2D eigenvalue weighted by atomic mass is 9.98. The van der Waals surface area contributed by atoms with Gasteiger partial charge in [0, 0.05) is 25.9 Å². The Kier molecular flexibility index (Phi) is 5.85. The van der Waals surface area contributed by atoms with Crippen molar-refractivity contribution in [3.63, 3.8) is 0 Å². The maximum absolute atomic E-state index is 14.4. The maximum Gasteiger partial charge on any atom is 0.264 e. The highest BCUT2D eigenvalue weighted by atomic mass is 19.3. The van der Waals surface area contributed by atoms with Crippen molar-refractivity contribution in [2.24, 2.45) is 0 Å². The molecule has 8 nitrogen and oxygen atoms in total. The molecule has 0 aliphatic carbocycles. The zero-order chi connectivity index (χ0) is 22.2. The number of carbonyl (C=O) groups is 4. The SMILES string of the molecule is O=C1CCC(N2C(=O)c3ccc(CNC4CCCNCCC4(F)F)cc3C2=O)C(=O)N1. The van der Waals surface area contributed by atoms with Gasteiger partial charge in [0.1, 0.15) is 6.04 Å². The van der Waals surface area contributed by atoms with E-state index >= 15 is 0 Å². The number of nitrogens with zero attached hydrogens (tertiary/aromatic N) is 1. The molecular weight excluding hydrogens is 410 g/mol. The van der Waals surface area contributed by atoms with Gasteiger partial charge < -0.3 is 10.6 Å². The number of fused-ring (bicyclic) bond motifs is 1. The molecule has 0 saturated carbocycles. The number of nitrogens with one attached hydrogen (secondary N) is 3. The van der Waals surface area contributed by atoms with Crippen LogP contribution in [0.5, 0.6) is 0 Å². The predicted octanol–water partition coefficient (Wildman–Crippen LogP) is 0.955. The molecule has 3 aliphatic rings. The van der Waals surface area contributed by atoms with Crippen LogP contribution in [0.2, 0.25) is 0 Å². The lowest BCUT2D eigenvalue weighted by molar-refractivity contribution is -0.136. The van der Waals surface area contributed by atoms with Gasteiger partial charge >= 0.3 is 0 Å². The van der Waals surface area contributed by atoms with Gasteiger partial charge in [0.25, 0.3) is 17.7 Å². The monoisotopic (exact) mass is 434 g/mol. The zero-order valence-corrected chi connectivity index (χ0v) is 16.9. The van der Waals surface area contributed by atoms with Gasteiger partial charge in [-0.05, 0) is 43.5 Å². The van der Waals surface area contributed by atoms with Crippen molar-refractivity contribution in [2.75, 3.05) is 13.1 Å². The summed E-state index contributed by atoms with van der Waals surface area (Å²) >= 11 is 0. The van der Waals surface area contributed by atoms with Crippen molar-refractivity contribution < 1.29 is 28.0 Å². The van der Waals surface area contributed by atoms with Crippen LogP contribution in [0.25, 0.3) is 0 Å². The summed E-state index contributed by atoms with van der Waals surface area (Å²) in [4.78, 5) is 50.0. The first-order valence-electron chi connectivity index (χ1n) is 10.4. The molecule has 1 aromatic carbocycles. The Labute approximate surface area is 177 Å². The second-order valence-electron chi connectivity index (χ2n) is 8.16. The molecule has 2 unspecified atom stereocenters. The van der Waals surface area contributed by atoms with Crippen LogP contribution in [0.4, 0.5) is 8.78 Å². The number of benzene rings is 1. The van der Waals surface area contributed by atoms with E-state index in [1.807, 2.05) is 0 Å². The lowest BCUT2D eigenvalue weighted by Gasteiger charge is -2.30. The molecule has 2 saturated heterocycles. The first-order chi connectivity index (χ1) is 14.8. The number of alkyl halides is 2. The Bertz CT molecular complexity index is 936. The van der Waals surface area contributed by atoms with Crippen LogP contribution in [0.15, 0.2) is 18.2 Å². The average molecular weight is 434 g/mol. The number of hydrogen-bond donors (Lipinski definition) is 3. The molecule has 10 heteroatoms. The summed E-state index contributed by atoms with van der Waals surface area (Å²) in [5, 5.41) is 8.04. The molecule has 2 atom stereocenters. The fourth-order valence-corrected chi connectivity index (χ4v) is 4.32. The quantitative estimate of drug-likeness (QED) is 0.610. The van der Waals surface area contributed by atoms with E-state index in [9.17, 15) is 28.0 Å². The van der Waals surface area contributed by atoms with Crippen molar-refractivity contribution in [3.05, 3.63) is 34.9 Å². The zero-order valence-electron chi connectivity index (χ0n) is 16.9. The van der Waals surface area contributed by atoms with E-state index in [1.54, 1.807) is 6.07 Å². The van der Waals surface area contributed by atoms with Gasteiger partial charge in [-0.25, -0.2) is 8.78 Å². The van der Waals surface area contributed by atoms with Gasteiger partial charge in [-0.15, -0.1) is 0 Å². The summed E-state index contributed by atoms with van der Waals surface area (Å²) in [6, 6.07) is 2.61. The molecule has 0 radical (unpaired) electrons. The third-order valence-corrected chi connectivity index (χ3v) is 6.05. The Hall–Kier alpha value is -2.72. The Morgan fingerprint density at radius 2 is 1.84 bits per heavy atom. The Morgan fingerprint density at radius 1 is 1.06 bits per heavy atom. The van der Waals surface area contributed by atoms with E-state index in [4.69, 9.17) is 0 Å². The molecule has 2 fully saturated rings. The summed E-state index contributed by atoms with van der Waals surface area (Å²) in [5.41, 5.74) is 0.907. The van der Waals surface area contributed by atoms with Crippen LogP contribution in [-0.4, -0.2) is 59.6 Å². The van der Waals surface area contributed by atoms with Gasteiger partial charge in [0.05, 0.1) is 17.2 Å². The van der Waals surface area contributed by atoms with E-state index in [1.165, 1.54) is 12.1 Å². The van der Waals surface area contributed by atoms with Crippen LogP contribution < -0.4 is 16.0 Å². The minimum absolute atomic E-state index is 0.0457. The molecule has 0 spiro atoms. The maximum atomic E-state index is 14.4. The average Bonchev–Trinajstić information content (AvgIpc) is 2.95. The molecule has 3 heterocycles. The number of carbonyl (C=O) groups excluding carboxylic acids is 4. The van der Waals surface area contributed by atoms with E-state index < -0.39 is 41.6 Å². The van der Waals surface area contributed by atoms with E-state index in [0.717, 1.165) is 4.90 Å². The summed E-state index contributed by atoms with van der Waals surface area (Å²) in [5.74, 6) is -5.16. The van der Waals surface area contributed by atoms with Crippen molar-refractivity contribution >= 4 is 23.6 Å². The summed E-state index contributed by atoms with van der Waals surface area (Å²) in [7, 11) is 0. The highest BCUT2D eigenvalue weighted by molar-refractivity contribution is 6.23. The van der Waals surface area contributed by atoms with Crippen molar-refractivity contribution in [1.29, 1.82) is 0 Å². The highest BCUT2D eigenvalue weighted by Gasteiger charge is 2.44. The summed E-state index contributed by atoms with van der Waals surface area (Å²) < 4.78 is 28.8. The minimum atomic E-state index is -2.85. The summed E-state index contributed by atoms with van der Waals surface area (Å²) in [6.07, 6.45) is 0.833. The van der Waals surface area contributed by atoms with Crippen molar-refractivity contribution in [3.8, 4) is 0 Å². The fourth-order valence-electron chi connectivity index (χ4n) is 4.32. The van der Waals surface area contributed by atoms with Gasteiger partial charge in [-0.2, -0.15) is 0 Å². The number of piperidine rings is 1. The molecule has 3 aliphatic heterocycles. The highest BCUT2D eigenvalue weighted by Crippen LogP contribution is 2.30. The molecule has 4 rings (SSSR count). The predicted molar refractivity (Wildman–Crippen MR) is 105 cm³/mol. The topological polar surface area (TPSA) is 108 Å². The van der Waals surface area contributed by atoms with Gasteiger partial charge in [0.15, 0.2) is 0 Å². The summed E-state index contributed by atoms with van der Waals surface area (Å²) in [6.45, 7) is 1.08. The van der Waals surface area contributed by atoms with Gasteiger partial charge in [-0.3, -0.25) is 29.4 Å². The van der Waals surface area contributed by atoms with Crippen LogP contribution in [0.1, 0.15) is 58.4 Å². The number of rotatable bonds is 4. The van der Waals surface area contributed by atoms with Gasteiger partial charge in [0.2, 0.25) is 11.8 Å². The molecule has 1 aromatic rings. The van der Waals surface area contributed by atoms with E-state index in [0.29, 0.717) is 24.9 Å². The normalized spacial score (nSPS) is 26.3. The molecular formula is C21H24F2N4O4. The number of amides is 4. The number of hydrogen-bond acceptors (Lipinski definition) is 6. The molecule has 4 amide bonds. The largest absolute Gasteiger partial charge is 0.317 e. The third-order valence-electron chi connectivity index (χ3n) is 6.05. The second-order valence-corrected chi connectivity index (χ2v) is 8.16. The standard InChI is InChI=1S/C21H24F2N4O4/c22-21(23)7-9-24-8-1-2-16(21)25-11-12-3-4-13-14(10-12)20(31)27(19(13)30)15-5-6-17(28)26-18(15)29/h3-4,10,15-16,24-25H,1-2,5-9,11H2,(H,26,28,29). The first kappa shape index (κ1) is 21.5. The minimum Gasteiger partial charge on any atom is -0.317 e. The smallest absolute Gasteiger partial charge is 0.264 e. The molecule has 3 N–H and O–H groups in total. The Balaban J connectivity index is 1.48. The fraction of sp³-hybridized carbons (Fsp3) is 0.524. The lowest BCUT2D eigenvalue weighted by Crippen LogP contribution is -2.54. The molecule has 31 heavy (non-hydrogen) atoms. The second kappa shape index (κ2) is 8.43.